The minimum absolute atomic E-state index is 0.0247. The monoisotopic (exact) mass is 354 g/mol. The minimum Gasteiger partial charge on any atom is -0.309 e. The number of carbonyl (C=O) groups excluding carboxylic acids is 1. The van der Waals surface area contributed by atoms with Gasteiger partial charge in [-0.3, -0.25) is 9.69 Å². The fourth-order valence-electron chi connectivity index (χ4n) is 3.42. The molecule has 1 N–H and O–H groups in total. The van der Waals surface area contributed by atoms with Crippen molar-refractivity contribution in [2.45, 2.75) is 46.0 Å². The van der Waals surface area contributed by atoms with Crippen LogP contribution >= 0.6 is 0 Å². The van der Waals surface area contributed by atoms with Crippen molar-refractivity contribution >= 4 is 11.7 Å². The molecule has 3 rings (SSSR count). The number of anilines is 1. The summed E-state index contributed by atoms with van der Waals surface area (Å²) in [6.45, 7) is 11.1. The van der Waals surface area contributed by atoms with E-state index in [0.29, 0.717) is 12.5 Å². The molecular formula is C21H30N4O. The number of nitrogens with one attached hydrogen (secondary N) is 1. The highest BCUT2D eigenvalue weighted by Gasteiger charge is 2.23. The van der Waals surface area contributed by atoms with Crippen molar-refractivity contribution in [2.75, 3.05) is 25.0 Å². The van der Waals surface area contributed by atoms with Gasteiger partial charge in [-0.1, -0.05) is 45.9 Å². The van der Waals surface area contributed by atoms with Gasteiger partial charge >= 0.3 is 0 Å². The number of carbonyl (C=O) groups is 1. The van der Waals surface area contributed by atoms with Gasteiger partial charge in [0.1, 0.15) is 5.82 Å². The van der Waals surface area contributed by atoms with Crippen LogP contribution in [-0.4, -0.2) is 40.2 Å². The van der Waals surface area contributed by atoms with Crippen molar-refractivity contribution in [3.8, 4) is 5.69 Å². The second-order valence-corrected chi connectivity index (χ2v) is 8.44. The van der Waals surface area contributed by atoms with Gasteiger partial charge < -0.3 is 5.32 Å². The Labute approximate surface area is 156 Å². The third-order valence-electron chi connectivity index (χ3n) is 4.85. The highest BCUT2D eigenvalue weighted by atomic mass is 16.2. The van der Waals surface area contributed by atoms with Crippen LogP contribution in [0.3, 0.4) is 0 Å². The molecule has 1 aromatic carbocycles. The van der Waals surface area contributed by atoms with Crippen molar-refractivity contribution < 1.29 is 4.79 Å². The number of nitrogens with zero attached hydrogens (tertiary/aromatic N) is 3. The molecule has 0 radical (unpaired) electrons. The Balaban J connectivity index is 1.79. The van der Waals surface area contributed by atoms with Gasteiger partial charge in [0, 0.05) is 18.0 Å². The molecule has 0 saturated carbocycles. The summed E-state index contributed by atoms with van der Waals surface area (Å²) in [6, 6.07) is 11.9. The molecule has 26 heavy (non-hydrogen) atoms. The van der Waals surface area contributed by atoms with Gasteiger partial charge in [-0.2, -0.15) is 5.10 Å². The van der Waals surface area contributed by atoms with E-state index in [1.165, 1.54) is 12.8 Å². The van der Waals surface area contributed by atoms with Crippen molar-refractivity contribution in [1.82, 2.24) is 14.7 Å². The van der Waals surface area contributed by atoms with Gasteiger partial charge in [0.15, 0.2) is 0 Å². The van der Waals surface area contributed by atoms with Gasteiger partial charge in [-0.05, 0) is 37.4 Å². The fraction of sp³-hybridized carbons (Fsp3) is 0.524. The molecule has 5 heteroatoms. The first kappa shape index (κ1) is 18.6. The van der Waals surface area contributed by atoms with Crippen LogP contribution in [0, 0.1) is 5.92 Å². The summed E-state index contributed by atoms with van der Waals surface area (Å²) >= 11 is 0. The van der Waals surface area contributed by atoms with E-state index >= 15 is 0 Å². The first-order valence-corrected chi connectivity index (χ1v) is 9.51. The molecule has 5 nitrogen and oxygen atoms in total. The summed E-state index contributed by atoms with van der Waals surface area (Å²) in [4.78, 5) is 14.9. The second kappa shape index (κ2) is 7.62. The maximum Gasteiger partial charge on any atom is 0.239 e. The summed E-state index contributed by atoms with van der Waals surface area (Å²) in [5, 5.41) is 7.84. The van der Waals surface area contributed by atoms with Crippen molar-refractivity contribution in [3.05, 3.63) is 42.1 Å². The quantitative estimate of drug-likeness (QED) is 0.907. The number of hydrogen-bond acceptors (Lipinski definition) is 3. The van der Waals surface area contributed by atoms with Gasteiger partial charge in [0.25, 0.3) is 0 Å². The number of aromatic nitrogens is 2. The zero-order chi connectivity index (χ0) is 18.7. The summed E-state index contributed by atoms with van der Waals surface area (Å²) < 4.78 is 1.83. The number of hydrogen-bond donors (Lipinski definition) is 1. The number of piperidine rings is 1. The lowest BCUT2D eigenvalue weighted by Crippen LogP contribution is -2.39. The van der Waals surface area contributed by atoms with Crippen LogP contribution in [-0.2, 0) is 10.2 Å². The molecule has 140 valence electrons. The van der Waals surface area contributed by atoms with E-state index in [4.69, 9.17) is 5.10 Å². The molecule has 1 amide bonds. The Morgan fingerprint density at radius 3 is 2.65 bits per heavy atom. The van der Waals surface area contributed by atoms with Crippen LogP contribution in [0.2, 0.25) is 0 Å². The Morgan fingerprint density at radius 2 is 2.00 bits per heavy atom. The maximum atomic E-state index is 12.6. The molecule has 1 unspecified atom stereocenters. The zero-order valence-corrected chi connectivity index (χ0v) is 16.3. The lowest BCUT2D eigenvalue weighted by Gasteiger charge is -2.30. The topological polar surface area (TPSA) is 50.2 Å². The largest absolute Gasteiger partial charge is 0.309 e. The SMILES string of the molecule is CC1CCCN(CC(=O)Nc2cc(C(C)(C)C)nn2-c2ccccc2)C1. The molecule has 2 aromatic rings. The molecular weight excluding hydrogens is 324 g/mol. The van der Waals surface area contributed by atoms with Crippen molar-refractivity contribution in [2.24, 2.45) is 5.92 Å². The number of likely N-dealkylation sites (tertiary alicyclic amines) is 1. The van der Waals surface area contributed by atoms with Gasteiger partial charge in [-0.15, -0.1) is 0 Å². The van der Waals surface area contributed by atoms with Crippen LogP contribution in [0.25, 0.3) is 5.69 Å². The predicted molar refractivity (Wildman–Crippen MR) is 106 cm³/mol. The minimum atomic E-state index is -0.0815. The zero-order valence-electron chi connectivity index (χ0n) is 16.3. The average molecular weight is 354 g/mol. The molecule has 1 fully saturated rings. The molecule has 1 atom stereocenters. The Kier molecular flexibility index (Phi) is 5.47. The Hall–Kier alpha value is -2.14. The maximum absolute atomic E-state index is 12.6. The third kappa shape index (κ3) is 4.52. The highest BCUT2D eigenvalue weighted by molar-refractivity contribution is 5.91. The molecule has 1 aliphatic heterocycles. The Morgan fingerprint density at radius 1 is 1.27 bits per heavy atom. The molecule has 1 aromatic heterocycles. The van der Waals surface area contributed by atoms with E-state index in [2.05, 4.69) is 37.9 Å². The van der Waals surface area contributed by atoms with E-state index in [-0.39, 0.29) is 11.3 Å². The standard InChI is InChI=1S/C21H30N4O/c1-16-9-8-12-24(14-16)15-20(26)22-19-13-18(21(2,3)4)23-25(19)17-10-6-5-7-11-17/h5-7,10-11,13,16H,8-9,12,14-15H2,1-4H3,(H,22,26). The number of para-hydroxylation sites is 1. The molecule has 0 spiro atoms. The number of rotatable bonds is 4. The third-order valence-corrected chi connectivity index (χ3v) is 4.85. The van der Waals surface area contributed by atoms with Gasteiger partial charge in [0.2, 0.25) is 5.91 Å². The van der Waals surface area contributed by atoms with E-state index in [9.17, 15) is 4.79 Å². The van der Waals surface area contributed by atoms with Crippen LogP contribution < -0.4 is 5.32 Å². The second-order valence-electron chi connectivity index (χ2n) is 8.44. The lowest BCUT2D eigenvalue weighted by atomic mass is 9.92. The highest BCUT2D eigenvalue weighted by Crippen LogP contribution is 2.26. The first-order valence-electron chi connectivity index (χ1n) is 9.51. The van der Waals surface area contributed by atoms with E-state index in [0.717, 1.165) is 30.3 Å². The predicted octanol–water partition coefficient (Wildman–Crippen LogP) is 3.84. The fourth-order valence-corrected chi connectivity index (χ4v) is 3.42. The van der Waals surface area contributed by atoms with Crippen molar-refractivity contribution in [3.63, 3.8) is 0 Å². The van der Waals surface area contributed by atoms with Crippen LogP contribution in [0.1, 0.15) is 46.2 Å². The molecule has 1 aliphatic rings. The van der Waals surface area contributed by atoms with E-state index in [1.54, 1.807) is 0 Å². The normalized spacial score (nSPS) is 18.7. The lowest BCUT2D eigenvalue weighted by molar-refractivity contribution is -0.117. The smallest absolute Gasteiger partial charge is 0.239 e. The summed E-state index contributed by atoms with van der Waals surface area (Å²) in [6.07, 6.45) is 2.43. The van der Waals surface area contributed by atoms with E-state index in [1.807, 2.05) is 41.1 Å². The average Bonchev–Trinajstić information content (AvgIpc) is 2.99. The van der Waals surface area contributed by atoms with Crippen molar-refractivity contribution in [1.29, 1.82) is 0 Å². The van der Waals surface area contributed by atoms with Crippen LogP contribution in [0.15, 0.2) is 36.4 Å². The molecule has 2 heterocycles. The Bertz CT molecular complexity index is 745. The summed E-state index contributed by atoms with van der Waals surface area (Å²) in [5.74, 6) is 1.42. The summed E-state index contributed by atoms with van der Waals surface area (Å²) in [7, 11) is 0. The van der Waals surface area contributed by atoms with Crippen LogP contribution in [0.4, 0.5) is 5.82 Å². The summed E-state index contributed by atoms with van der Waals surface area (Å²) in [5.41, 5.74) is 1.83. The number of amides is 1. The number of benzene rings is 1. The van der Waals surface area contributed by atoms with Gasteiger partial charge in [0.05, 0.1) is 17.9 Å². The van der Waals surface area contributed by atoms with E-state index < -0.39 is 0 Å². The molecule has 0 aliphatic carbocycles. The molecule has 0 bridgehead atoms. The van der Waals surface area contributed by atoms with Gasteiger partial charge in [-0.25, -0.2) is 4.68 Å². The molecule has 1 saturated heterocycles. The first-order chi connectivity index (χ1) is 12.3. The van der Waals surface area contributed by atoms with Crippen LogP contribution in [0.5, 0.6) is 0 Å².